The highest BCUT2D eigenvalue weighted by Crippen LogP contribution is 2.19. The van der Waals surface area contributed by atoms with Gasteiger partial charge in [0.25, 0.3) is 11.7 Å². The van der Waals surface area contributed by atoms with Gasteiger partial charge in [-0.2, -0.15) is 0 Å². The van der Waals surface area contributed by atoms with Crippen LogP contribution in [0.1, 0.15) is 15.9 Å². The van der Waals surface area contributed by atoms with E-state index in [1.165, 1.54) is 0 Å². The fraction of sp³-hybridized carbons (Fsp3) is 0.227. The summed E-state index contributed by atoms with van der Waals surface area (Å²) in [6.45, 7) is 2.29. The van der Waals surface area contributed by atoms with Crippen LogP contribution >= 0.6 is 0 Å². The van der Waals surface area contributed by atoms with E-state index < -0.39 is 11.7 Å². The predicted octanol–water partition coefficient (Wildman–Crippen LogP) is 2.57. The number of nitrogens with one attached hydrogen (secondary N) is 1. The van der Waals surface area contributed by atoms with Crippen LogP contribution in [0.25, 0.3) is 10.9 Å². The molecule has 1 N–H and O–H groups in total. The Morgan fingerprint density at radius 3 is 2.25 bits per heavy atom. The van der Waals surface area contributed by atoms with Crippen molar-refractivity contribution in [1.29, 1.82) is 0 Å². The predicted molar refractivity (Wildman–Crippen MR) is 110 cm³/mol. The molecule has 4 rings (SSSR count). The zero-order chi connectivity index (χ0) is 19.5. The number of aliphatic imine (C=N–C) groups is 1. The standard InChI is InChI=1S/C22H22N4O2/c1-23-21(16-7-3-2-4-8-16)25-11-13-26(14-12-25)22(28)20(27)18-15-24-19-10-6-5-9-17(18)19/h2-10,15,24H,11-14H2,1H3. The van der Waals surface area contributed by atoms with Crippen LogP contribution in [0.15, 0.2) is 65.8 Å². The number of ketones is 1. The lowest BCUT2D eigenvalue weighted by molar-refractivity contribution is -0.127. The van der Waals surface area contributed by atoms with Crippen molar-refractivity contribution in [3.05, 3.63) is 71.9 Å². The molecule has 1 aliphatic heterocycles. The smallest absolute Gasteiger partial charge is 0.295 e. The monoisotopic (exact) mass is 374 g/mol. The number of aromatic nitrogens is 1. The average molecular weight is 374 g/mol. The van der Waals surface area contributed by atoms with Gasteiger partial charge in [-0.3, -0.25) is 14.6 Å². The van der Waals surface area contributed by atoms with Crippen LogP contribution < -0.4 is 0 Å². The number of Topliss-reactive ketones (excluding diaryl/α,β-unsaturated/α-hetero) is 1. The topological polar surface area (TPSA) is 68.8 Å². The highest BCUT2D eigenvalue weighted by atomic mass is 16.2. The number of hydrogen-bond acceptors (Lipinski definition) is 3. The van der Waals surface area contributed by atoms with Crippen molar-refractivity contribution in [3.63, 3.8) is 0 Å². The molecule has 0 aliphatic carbocycles. The highest BCUT2D eigenvalue weighted by Gasteiger charge is 2.29. The SMILES string of the molecule is CN=C(c1ccccc1)N1CCN(C(=O)C(=O)c2c[nH]c3ccccc23)CC1. The molecule has 28 heavy (non-hydrogen) atoms. The number of carbonyl (C=O) groups is 2. The van der Waals surface area contributed by atoms with Crippen LogP contribution in [0.2, 0.25) is 0 Å². The van der Waals surface area contributed by atoms with Crippen molar-refractivity contribution in [2.45, 2.75) is 0 Å². The molecule has 1 fully saturated rings. The summed E-state index contributed by atoms with van der Waals surface area (Å²) in [5.41, 5.74) is 2.35. The van der Waals surface area contributed by atoms with Gasteiger partial charge in [-0.25, -0.2) is 0 Å². The maximum atomic E-state index is 12.8. The minimum atomic E-state index is -0.460. The van der Waals surface area contributed by atoms with E-state index in [1.807, 2.05) is 54.6 Å². The number of fused-ring (bicyclic) bond motifs is 1. The van der Waals surface area contributed by atoms with Crippen molar-refractivity contribution in [3.8, 4) is 0 Å². The molecule has 0 bridgehead atoms. The summed E-state index contributed by atoms with van der Waals surface area (Å²) >= 11 is 0. The number of piperazine rings is 1. The van der Waals surface area contributed by atoms with E-state index in [1.54, 1.807) is 18.1 Å². The summed E-state index contributed by atoms with van der Waals surface area (Å²) in [4.78, 5) is 36.8. The van der Waals surface area contributed by atoms with Crippen LogP contribution in [-0.2, 0) is 4.79 Å². The second-order valence-corrected chi connectivity index (χ2v) is 6.77. The molecule has 1 aliphatic rings. The molecule has 0 spiro atoms. The van der Waals surface area contributed by atoms with Crippen molar-refractivity contribution < 1.29 is 9.59 Å². The first-order chi connectivity index (χ1) is 13.7. The third-order valence-corrected chi connectivity index (χ3v) is 5.14. The Morgan fingerprint density at radius 1 is 0.893 bits per heavy atom. The van der Waals surface area contributed by atoms with Gasteiger partial charge in [-0.1, -0.05) is 48.5 Å². The Morgan fingerprint density at radius 2 is 1.54 bits per heavy atom. The van der Waals surface area contributed by atoms with Gasteiger partial charge in [0.05, 0.1) is 5.56 Å². The van der Waals surface area contributed by atoms with Crippen LogP contribution in [-0.4, -0.2) is 65.5 Å². The fourth-order valence-corrected chi connectivity index (χ4v) is 3.68. The van der Waals surface area contributed by atoms with Crippen molar-refractivity contribution in [2.24, 2.45) is 4.99 Å². The molecule has 0 atom stereocenters. The number of benzene rings is 2. The third kappa shape index (κ3) is 3.29. The van der Waals surface area contributed by atoms with Gasteiger partial charge < -0.3 is 14.8 Å². The average Bonchev–Trinajstić information content (AvgIpc) is 3.19. The molecule has 0 unspecified atom stereocenters. The number of aromatic amines is 1. The molecule has 3 aromatic rings. The molecular weight excluding hydrogens is 352 g/mol. The Hall–Kier alpha value is -3.41. The van der Waals surface area contributed by atoms with Crippen LogP contribution in [0, 0.1) is 0 Å². The van der Waals surface area contributed by atoms with Gasteiger partial charge in [-0.05, 0) is 6.07 Å². The zero-order valence-electron chi connectivity index (χ0n) is 15.8. The summed E-state index contributed by atoms with van der Waals surface area (Å²) in [6, 6.07) is 17.5. The molecule has 1 amide bonds. The van der Waals surface area contributed by atoms with E-state index in [0.717, 1.165) is 22.3 Å². The second kappa shape index (κ2) is 7.68. The molecule has 142 valence electrons. The molecule has 2 aromatic carbocycles. The van der Waals surface area contributed by atoms with Crippen molar-refractivity contribution in [2.75, 3.05) is 33.2 Å². The zero-order valence-corrected chi connectivity index (χ0v) is 15.8. The molecule has 0 saturated carbocycles. The van der Waals surface area contributed by atoms with Crippen molar-refractivity contribution in [1.82, 2.24) is 14.8 Å². The summed E-state index contributed by atoms with van der Waals surface area (Å²) in [7, 11) is 1.78. The summed E-state index contributed by atoms with van der Waals surface area (Å²) in [5, 5.41) is 0.781. The maximum absolute atomic E-state index is 12.8. The number of carbonyl (C=O) groups excluding carboxylic acids is 2. The van der Waals surface area contributed by atoms with E-state index in [2.05, 4.69) is 14.9 Å². The molecule has 6 nitrogen and oxygen atoms in total. The summed E-state index contributed by atoms with van der Waals surface area (Å²) < 4.78 is 0. The van der Waals surface area contributed by atoms with Crippen LogP contribution in [0.4, 0.5) is 0 Å². The van der Waals surface area contributed by atoms with Gasteiger partial charge >= 0.3 is 0 Å². The molecule has 1 saturated heterocycles. The lowest BCUT2D eigenvalue weighted by atomic mass is 10.1. The number of para-hydroxylation sites is 1. The van der Waals surface area contributed by atoms with E-state index >= 15 is 0 Å². The Bertz CT molecular complexity index is 1030. The lowest BCUT2D eigenvalue weighted by Crippen LogP contribution is -2.52. The van der Waals surface area contributed by atoms with E-state index in [9.17, 15) is 9.59 Å². The third-order valence-electron chi connectivity index (χ3n) is 5.14. The summed E-state index contributed by atoms with van der Waals surface area (Å²) in [5.74, 6) is 0.00750. The fourth-order valence-electron chi connectivity index (χ4n) is 3.68. The second-order valence-electron chi connectivity index (χ2n) is 6.77. The minimum Gasteiger partial charge on any atom is -0.360 e. The number of amidine groups is 1. The van der Waals surface area contributed by atoms with Gasteiger partial charge in [0.1, 0.15) is 5.84 Å². The number of nitrogens with zero attached hydrogens (tertiary/aromatic N) is 3. The number of amides is 1. The van der Waals surface area contributed by atoms with Gasteiger partial charge in [-0.15, -0.1) is 0 Å². The quantitative estimate of drug-likeness (QED) is 0.332. The van der Waals surface area contributed by atoms with Crippen LogP contribution in [0.3, 0.4) is 0 Å². The Balaban J connectivity index is 1.45. The highest BCUT2D eigenvalue weighted by molar-refractivity contribution is 6.44. The molecular formula is C22H22N4O2. The number of H-pyrrole nitrogens is 1. The molecule has 0 radical (unpaired) electrons. The Labute approximate surface area is 163 Å². The normalized spacial score (nSPS) is 15.1. The first-order valence-electron chi connectivity index (χ1n) is 9.36. The molecule has 2 heterocycles. The largest absolute Gasteiger partial charge is 0.360 e. The Kier molecular flexibility index (Phi) is 4.93. The number of hydrogen-bond donors (Lipinski definition) is 1. The van der Waals surface area contributed by atoms with E-state index in [-0.39, 0.29) is 0 Å². The van der Waals surface area contributed by atoms with Gasteiger partial charge in [0.2, 0.25) is 0 Å². The lowest BCUT2D eigenvalue weighted by Gasteiger charge is -2.36. The van der Waals surface area contributed by atoms with Gasteiger partial charge in [0.15, 0.2) is 0 Å². The van der Waals surface area contributed by atoms with Crippen molar-refractivity contribution >= 4 is 28.4 Å². The van der Waals surface area contributed by atoms with Gasteiger partial charge in [0, 0.05) is 55.9 Å². The van der Waals surface area contributed by atoms with E-state index in [0.29, 0.717) is 31.7 Å². The molecule has 1 aromatic heterocycles. The minimum absolute atomic E-state index is 0.433. The molecule has 6 heteroatoms. The first kappa shape index (κ1) is 18.0. The first-order valence-corrected chi connectivity index (χ1v) is 9.36. The number of rotatable bonds is 3. The van der Waals surface area contributed by atoms with E-state index in [4.69, 9.17) is 0 Å². The summed E-state index contributed by atoms with van der Waals surface area (Å²) in [6.07, 6.45) is 1.62. The van der Waals surface area contributed by atoms with Crippen LogP contribution in [0.5, 0.6) is 0 Å². The maximum Gasteiger partial charge on any atom is 0.295 e.